The Hall–Kier alpha value is -2.04. The average Bonchev–Trinajstić information content (AvgIpc) is 2.60. The number of hydrogen-bond acceptors (Lipinski definition) is 3. The van der Waals surface area contributed by atoms with E-state index in [2.05, 4.69) is 5.32 Å². The van der Waals surface area contributed by atoms with Crippen LogP contribution in [0.25, 0.3) is 0 Å². The monoisotopic (exact) mass is 316 g/mol. The number of carbonyl (C=O) groups is 2. The summed E-state index contributed by atoms with van der Waals surface area (Å²) in [6.07, 6.45) is 5.47. The number of rotatable bonds is 4. The van der Waals surface area contributed by atoms with Crippen LogP contribution in [0.15, 0.2) is 24.3 Å². The van der Waals surface area contributed by atoms with Gasteiger partial charge in [-0.25, -0.2) is 0 Å². The first kappa shape index (κ1) is 15.8. The number of anilines is 1. The van der Waals surface area contributed by atoms with E-state index in [-0.39, 0.29) is 17.7 Å². The van der Waals surface area contributed by atoms with Gasteiger partial charge in [0.05, 0.1) is 5.69 Å². The number of hydrogen-bond donors (Lipinski definition) is 1. The molecule has 23 heavy (non-hydrogen) atoms. The first-order valence-corrected chi connectivity index (χ1v) is 8.48. The van der Waals surface area contributed by atoms with Gasteiger partial charge >= 0.3 is 0 Å². The van der Waals surface area contributed by atoms with E-state index in [0.717, 1.165) is 37.1 Å². The van der Waals surface area contributed by atoms with Crippen molar-refractivity contribution in [3.05, 3.63) is 24.3 Å². The van der Waals surface area contributed by atoms with Gasteiger partial charge in [0, 0.05) is 25.9 Å². The summed E-state index contributed by atoms with van der Waals surface area (Å²) in [5.41, 5.74) is 0.792. The van der Waals surface area contributed by atoms with Crippen molar-refractivity contribution in [3.63, 3.8) is 0 Å². The molecule has 3 rings (SSSR count). The zero-order valence-corrected chi connectivity index (χ0v) is 13.6. The van der Waals surface area contributed by atoms with E-state index in [9.17, 15) is 9.59 Å². The van der Waals surface area contributed by atoms with Crippen LogP contribution >= 0.6 is 0 Å². The Bertz CT molecular complexity index is 581. The van der Waals surface area contributed by atoms with Crippen LogP contribution in [-0.4, -0.2) is 31.5 Å². The third-order valence-corrected chi connectivity index (χ3v) is 4.78. The van der Waals surface area contributed by atoms with Crippen LogP contribution < -0.4 is 15.0 Å². The minimum Gasteiger partial charge on any atom is -0.478 e. The fraction of sp³-hybridized carbons (Fsp3) is 0.556. The molecule has 1 heterocycles. The topological polar surface area (TPSA) is 58.6 Å². The highest BCUT2D eigenvalue weighted by molar-refractivity contribution is 5.99. The van der Waals surface area contributed by atoms with Gasteiger partial charge in [-0.3, -0.25) is 9.59 Å². The maximum atomic E-state index is 12.4. The van der Waals surface area contributed by atoms with Gasteiger partial charge in [-0.05, 0) is 25.0 Å². The lowest BCUT2D eigenvalue weighted by Crippen LogP contribution is -2.45. The lowest BCUT2D eigenvalue weighted by molar-refractivity contribution is -0.128. The van der Waals surface area contributed by atoms with Gasteiger partial charge in [-0.15, -0.1) is 0 Å². The molecule has 1 aromatic rings. The molecule has 2 amide bonds. The Labute approximate surface area is 137 Å². The number of ether oxygens (including phenoxy) is 1. The van der Waals surface area contributed by atoms with E-state index in [0.29, 0.717) is 13.0 Å². The number of carbonyl (C=O) groups excluding carboxylic acids is 2. The van der Waals surface area contributed by atoms with E-state index in [1.54, 1.807) is 11.9 Å². The first-order valence-electron chi connectivity index (χ1n) is 8.48. The molecule has 5 heteroatoms. The molecule has 5 nitrogen and oxygen atoms in total. The molecule has 124 valence electrons. The van der Waals surface area contributed by atoms with Crippen LogP contribution in [0.2, 0.25) is 0 Å². The third kappa shape index (κ3) is 3.49. The van der Waals surface area contributed by atoms with Crippen molar-refractivity contribution < 1.29 is 14.3 Å². The first-order chi connectivity index (χ1) is 11.2. The number of likely N-dealkylation sites (N-methyl/N-ethyl adjacent to an activating group) is 1. The molecular weight excluding hydrogens is 292 g/mol. The zero-order valence-electron chi connectivity index (χ0n) is 13.6. The van der Waals surface area contributed by atoms with Crippen LogP contribution in [-0.2, 0) is 9.59 Å². The fourth-order valence-electron chi connectivity index (χ4n) is 3.39. The Morgan fingerprint density at radius 3 is 2.78 bits per heavy atom. The van der Waals surface area contributed by atoms with E-state index in [1.165, 1.54) is 6.42 Å². The summed E-state index contributed by atoms with van der Waals surface area (Å²) in [5, 5.41) is 2.97. The molecule has 1 aliphatic heterocycles. The second kappa shape index (κ2) is 7.02. The van der Waals surface area contributed by atoms with Crippen molar-refractivity contribution in [2.45, 2.75) is 44.6 Å². The smallest absolute Gasteiger partial charge is 0.267 e. The quantitative estimate of drug-likeness (QED) is 0.928. The Morgan fingerprint density at radius 2 is 2.00 bits per heavy atom. The molecule has 0 aromatic heterocycles. The molecule has 2 aliphatic rings. The standard InChI is InChI=1S/C18H24N2O3/c1-20-14-9-5-6-10-15(14)23-16(18(20)22)11-12-19-17(21)13-7-3-2-4-8-13/h5-6,9-10,13,16H,2-4,7-8,11-12H2,1H3,(H,19,21). The Kier molecular flexibility index (Phi) is 4.84. The van der Waals surface area contributed by atoms with Gasteiger partial charge < -0.3 is 15.0 Å². The summed E-state index contributed by atoms with van der Waals surface area (Å²) in [5.74, 6) is 0.936. The number of benzene rings is 1. The highest BCUT2D eigenvalue weighted by Crippen LogP contribution is 2.33. The summed E-state index contributed by atoms with van der Waals surface area (Å²) in [6.45, 7) is 0.474. The number of amides is 2. The summed E-state index contributed by atoms with van der Waals surface area (Å²) in [7, 11) is 1.76. The van der Waals surface area contributed by atoms with Crippen molar-refractivity contribution in [2.24, 2.45) is 5.92 Å². The molecule has 1 atom stereocenters. The maximum absolute atomic E-state index is 12.4. The molecule has 1 fully saturated rings. The lowest BCUT2D eigenvalue weighted by atomic mass is 9.88. The Balaban J connectivity index is 1.52. The molecule has 1 unspecified atom stereocenters. The van der Waals surface area contributed by atoms with Crippen LogP contribution in [0, 0.1) is 5.92 Å². The molecule has 0 radical (unpaired) electrons. The van der Waals surface area contributed by atoms with Crippen molar-refractivity contribution in [1.82, 2.24) is 5.32 Å². The van der Waals surface area contributed by atoms with Crippen LogP contribution in [0.3, 0.4) is 0 Å². The number of nitrogens with one attached hydrogen (secondary N) is 1. The molecule has 0 saturated heterocycles. The number of fused-ring (bicyclic) bond motifs is 1. The summed E-state index contributed by atoms with van der Waals surface area (Å²) < 4.78 is 5.80. The fourth-order valence-corrected chi connectivity index (χ4v) is 3.39. The second-order valence-corrected chi connectivity index (χ2v) is 6.39. The summed E-state index contributed by atoms with van der Waals surface area (Å²) in [4.78, 5) is 26.1. The van der Waals surface area contributed by atoms with Gasteiger partial charge in [-0.1, -0.05) is 31.4 Å². The lowest BCUT2D eigenvalue weighted by Gasteiger charge is -2.32. The predicted octanol–water partition coefficient (Wildman–Crippen LogP) is 2.50. The molecule has 1 N–H and O–H groups in total. The van der Waals surface area contributed by atoms with Crippen molar-refractivity contribution in [2.75, 3.05) is 18.5 Å². The zero-order chi connectivity index (χ0) is 16.2. The maximum Gasteiger partial charge on any atom is 0.267 e. The van der Waals surface area contributed by atoms with E-state index >= 15 is 0 Å². The SMILES string of the molecule is CN1C(=O)C(CCNC(=O)C2CCCCC2)Oc2ccccc21. The molecule has 0 spiro atoms. The van der Waals surface area contributed by atoms with Crippen molar-refractivity contribution in [3.8, 4) is 5.75 Å². The molecular formula is C18H24N2O3. The number of nitrogens with zero attached hydrogens (tertiary/aromatic N) is 1. The molecule has 1 aromatic carbocycles. The van der Waals surface area contributed by atoms with Gasteiger partial charge in [0.25, 0.3) is 5.91 Å². The normalized spacial score (nSPS) is 21.5. The van der Waals surface area contributed by atoms with Crippen LogP contribution in [0.5, 0.6) is 5.75 Å². The van der Waals surface area contributed by atoms with Crippen LogP contribution in [0.1, 0.15) is 38.5 Å². The van der Waals surface area contributed by atoms with E-state index < -0.39 is 6.10 Å². The third-order valence-electron chi connectivity index (χ3n) is 4.78. The summed E-state index contributed by atoms with van der Waals surface area (Å²) >= 11 is 0. The second-order valence-electron chi connectivity index (χ2n) is 6.39. The molecule has 0 bridgehead atoms. The van der Waals surface area contributed by atoms with Crippen LogP contribution in [0.4, 0.5) is 5.69 Å². The molecule has 1 saturated carbocycles. The van der Waals surface area contributed by atoms with E-state index in [1.807, 2.05) is 24.3 Å². The Morgan fingerprint density at radius 1 is 1.26 bits per heavy atom. The van der Waals surface area contributed by atoms with Crippen molar-refractivity contribution in [1.29, 1.82) is 0 Å². The van der Waals surface area contributed by atoms with Gasteiger partial charge in [-0.2, -0.15) is 0 Å². The van der Waals surface area contributed by atoms with Gasteiger partial charge in [0.15, 0.2) is 6.10 Å². The number of para-hydroxylation sites is 2. The minimum atomic E-state index is -0.526. The predicted molar refractivity (Wildman–Crippen MR) is 88.5 cm³/mol. The largest absolute Gasteiger partial charge is 0.478 e. The van der Waals surface area contributed by atoms with Gasteiger partial charge in [0.1, 0.15) is 5.75 Å². The average molecular weight is 316 g/mol. The van der Waals surface area contributed by atoms with Gasteiger partial charge in [0.2, 0.25) is 5.91 Å². The van der Waals surface area contributed by atoms with E-state index in [4.69, 9.17) is 4.74 Å². The minimum absolute atomic E-state index is 0.0596. The highest BCUT2D eigenvalue weighted by Gasteiger charge is 2.31. The van der Waals surface area contributed by atoms with Crippen molar-refractivity contribution >= 4 is 17.5 Å². The molecule has 1 aliphatic carbocycles. The highest BCUT2D eigenvalue weighted by atomic mass is 16.5. The summed E-state index contributed by atoms with van der Waals surface area (Å²) in [6, 6.07) is 7.52.